The number of aryl methyl sites for hydroxylation is 1. The molecule has 1 rings (SSSR count). The van der Waals surface area contributed by atoms with Crippen LogP contribution in [0.3, 0.4) is 0 Å². The van der Waals surface area contributed by atoms with Crippen molar-refractivity contribution in [1.82, 2.24) is 5.32 Å². The molecule has 0 aliphatic rings. The van der Waals surface area contributed by atoms with Gasteiger partial charge in [0.1, 0.15) is 5.60 Å². The van der Waals surface area contributed by atoms with Gasteiger partial charge >= 0.3 is 12.1 Å². The van der Waals surface area contributed by atoms with Gasteiger partial charge in [-0.25, -0.2) is 9.59 Å². The zero-order valence-electron chi connectivity index (χ0n) is 14.5. The number of rotatable bonds is 6. The summed E-state index contributed by atoms with van der Waals surface area (Å²) in [6.07, 6.45) is 0.355. The second-order valence-electron chi connectivity index (χ2n) is 6.23. The summed E-state index contributed by atoms with van der Waals surface area (Å²) in [7, 11) is 1.36. The van der Waals surface area contributed by atoms with Crippen molar-refractivity contribution in [3.63, 3.8) is 0 Å². The fourth-order valence-corrected chi connectivity index (χ4v) is 1.92. The van der Waals surface area contributed by atoms with Gasteiger partial charge in [-0.3, -0.25) is 0 Å². The molecule has 0 spiro atoms. The monoisotopic (exact) mass is 322 g/mol. The maximum absolute atomic E-state index is 11.5. The van der Waals surface area contributed by atoms with Crippen LogP contribution in [-0.4, -0.2) is 37.9 Å². The quantitative estimate of drug-likeness (QED) is 0.621. The lowest BCUT2D eigenvalue weighted by Crippen LogP contribution is -2.33. The topological polar surface area (TPSA) is 76.7 Å². The molecular weight excluding hydrogens is 296 g/mol. The molecule has 0 unspecified atom stereocenters. The molecule has 128 valence electrons. The largest absolute Gasteiger partial charge is 0.465 e. The summed E-state index contributed by atoms with van der Waals surface area (Å²) in [6, 6.07) is 5.36. The lowest BCUT2D eigenvalue weighted by molar-refractivity contribution is 0.0526. The number of ether oxygens (including phenoxy) is 2. The summed E-state index contributed by atoms with van der Waals surface area (Å²) in [4.78, 5) is 22.9. The van der Waals surface area contributed by atoms with E-state index in [-0.39, 0.29) is 5.97 Å². The van der Waals surface area contributed by atoms with Crippen LogP contribution in [0.1, 0.15) is 43.1 Å². The molecule has 0 saturated heterocycles. The highest BCUT2D eigenvalue weighted by atomic mass is 16.6. The molecule has 0 heterocycles. The number of hydrogen-bond donors (Lipinski definition) is 2. The minimum absolute atomic E-state index is 0.346. The first-order chi connectivity index (χ1) is 10.7. The predicted molar refractivity (Wildman–Crippen MR) is 89.9 cm³/mol. The van der Waals surface area contributed by atoms with Crippen LogP contribution in [0.25, 0.3) is 0 Å². The SMILES string of the molecule is COC(=O)c1ccc(NCCCNC(=O)OC(C)(C)C)c(C)c1. The lowest BCUT2D eigenvalue weighted by Gasteiger charge is -2.19. The summed E-state index contributed by atoms with van der Waals surface area (Å²) in [5, 5.41) is 5.98. The third-order valence-electron chi connectivity index (χ3n) is 2.98. The number of alkyl carbamates (subject to hydrolysis) is 1. The molecule has 1 amide bonds. The van der Waals surface area contributed by atoms with E-state index in [9.17, 15) is 9.59 Å². The van der Waals surface area contributed by atoms with E-state index in [2.05, 4.69) is 15.4 Å². The lowest BCUT2D eigenvalue weighted by atomic mass is 10.1. The van der Waals surface area contributed by atoms with Crippen LogP contribution in [0.2, 0.25) is 0 Å². The fourth-order valence-electron chi connectivity index (χ4n) is 1.92. The van der Waals surface area contributed by atoms with Crippen LogP contribution in [0, 0.1) is 6.92 Å². The Bertz CT molecular complexity index is 550. The molecule has 6 nitrogen and oxygen atoms in total. The minimum atomic E-state index is -0.485. The van der Waals surface area contributed by atoms with Crippen molar-refractivity contribution in [1.29, 1.82) is 0 Å². The van der Waals surface area contributed by atoms with Gasteiger partial charge in [0.2, 0.25) is 0 Å². The highest BCUT2D eigenvalue weighted by Gasteiger charge is 2.15. The van der Waals surface area contributed by atoms with Gasteiger partial charge in [-0.15, -0.1) is 0 Å². The van der Waals surface area contributed by atoms with Crippen LogP contribution in [0.4, 0.5) is 10.5 Å². The molecule has 0 fully saturated rings. The minimum Gasteiger partial charge on any atom is -0.465 e. The molecule has 2 N–H and O–H groups in total. The van der Waals surface area contributed by atoms with Crippen LogP contribution >= 0.6 is 0 Å². The Morgan fingerprint density at radius 1 is 1.17 bits per heavy atom. The van der Waals surface area contributed by atoms with Crippen LogP contribution in [0.15, 0.2) is 18.2 Å². The molecule has 0 aromatic heterocycles. The van der Waals surface area contributed by atoms with Crippen molar-refractivity contribution < 1.29 is 19.1 Å². The average Bonchev–Trinajstić information content (AvgIpc) is 2.45. The first-order valence-electron chi connectivity index (χ1n) is 7.62. The van der Waals surface area contributed by atoms with Gasteiger partial charge in [0.25, 0.3) is 0 Å². The number of carbonyl (C=O) groups is 2. The molecule has 0 bridgehead atoms. The van der Waals surface area contributed by atoms with E-state index in [1.54, 1.807) is 12.1 Å². The molecular formula is C17H26N2O4. The third kappa shape index (κ3) is 7.04. The zero-order chi connectivity index (χ0) is 17.5. The zero-order valence-corrected chi connectivity index (χ0v) is 14.5. The molecule has 0 saturated carbocycles. The highest BCUT2D eigenvalue weighted by molar-refractivity contribution is 5.90. The highest BCUT2D eigenvalue weighted by Crippen LogP contribution is 2.17. The summed E-state index contributed by atoms with van der Waals surface area (Å²) < 4.78 is 9.84. The summed E-state index contributed by atoms with van der Waals surface area (Å²) in [6.45, 7) is 8.64. The molecule has 23 heavy (non-hydrogen) atoms. The summed E-state index contributed by atoms with van der Waals surface area (Å²) in [5.41, 5.74) is 1.96. The van der Waals surface area contributed by atoms with Gasteiger partial charge < -0.3 is 20.1 Å². The van der Waals surface area contributed by atoms with E-state index in [0.29, 0.717) is 18.7 Å². The number of carbonyl (C=O) groups excluding carboxylic acids is 2. The number of esters is 1. The standard InChI is InChI=1S/C17H26N2O4/c1-12-11-13(15(20)22-5)7-8-14(12)18-9-6-10-19-16(21)23-17(2,3)4/h7-8,11,18H,6,9-10H2,1-5H3,(H,19,21). The molecule has 6 heteroatoms. The molecule has 1 aromatic rings. The van der Waals surface area contributed by atoms with Gasteiger partial charge in [-0.05, 0) is 57.9 Å². The molecule has 0 radical (unpaired) electrons. The smallest absolute Gasteiger partial charge is 0.407 e. The Hall–Kier alpha value is -2.24. The van der Waals surface area contributed by atoms with E-state index in [1.165, 1.54) is 7.11 Å². The third-order valence-corrected chi connectivity index (χ3v) is 2.98. The Labute approximate surface area is 137 Å². The average molecular weight is 322 g/mol. The van der Waals surface area contributed by atoms with E-state index in [4.69, 9.17) is 4.74 Å². The van der Waals surface area contributed by atoms with Crippen molar-refractivity contribution in [3.8, 4) is 0 Å². The van der Waals surface area contributed by atoms with Gasteiger partial charge in [0, 0.05) is 18.8 Å². The molecule has 1 aromatic carbocycles. The number of anilines is 1. The Kier molecular flexibility index (Phi) is 6.88. The number of hydrogen-bond acceptors (Lipinski definition) is 5. The van der Waals surface area contributed by atoms with E-state index in [0.717, 1.165) is 17.7 Å². The maximum atomic E-state index is 11.5. The summed E-state index contributed by atoms with van der Waals surface area (Å²) in [5.74, 6) is -0.346. The molecule has 0 atom stereocenters. The van der Waals surface area contributed by atoms with Crippen molar-refractivity contribution in [2.75, 3.05) is 25.5 Å². The predicted octanol–water partition coefficient (Wildman–Crippen LogP) is 3.11. The normalized spacial score (nSPS) is 10.8. The Morgan fingerprint density at radius 2 is 1.87 bits per heavy atom. The van der Waals surface area contributed by atoms with Gasteiger partial charge in [-0.2, -0.15) is 0 Å². The van der Waals surface area contributed by atoms with Crippen LogP contribution in [0.5, 0.6) is 0 Å². The first kappa shape index (κ1) is 18.8. The fraction of sp³-hybridized carbons (Fsp3) is 0.529. The van der Waals surface area contributed by atoms with Gasteiger partial charge in [0.15, 0.2) is 0 Å². The van der Waals surface area contributed by atoms with E-state index >= 15 is 0 Å². The second-order valence-corrected chi connectivity index (χ2v) is 6.23. The molecule has 0 aliphatic carbocycles. The van der Waals surface area contributed by atoms with E-state index < -0.39 is 11.7 Å². The van der Waals surface area contributed by atoms with Gasteiger partial charge in [0.05, 0.1) is 12.7 Å². The van der Waals surface area contributed by atoms with Crippen molar-refractivity contribution in [2.24, 2.45) is 0 Å². The van der Waals surface area contributed by atoms with Crippen LogP contribution < -0.4 is 10.6 Å². The Morgan fingerprint density at radius 3 is 2.43 bits per heavy atom. The van der Waals surface area contributed by atoms with E-state index in [1.807, 2.05) is 33.8 Å². The number of methoxy groups -OCH3 is 1. The first-order valence-corrected chi connectivity index (χ1v) is 7.62. The van der Waals surface area contributed by atoms with Gasteiger partial charge in [-0.1, -0.05) is 0 Å². The van der Waals surface area contributed by atoms with Crippen molar-refractivity contribution >= 4 is 17.7 Å². The van der Waals surface area contributed by atoms with Crippen LogP contribution in [-0.2, 0) is 9.47 Å². The van der Waals surface area contributed by atoms with Crippen molar-refractivity contribution in [3.05, 3.63) is 29.3 Å². The molecule has 0 aliphatic heterocycles. The number of benzene rings is 1. The maximum Gasteiger partial charge on any atom is 0.407 e. The number of amides is 1. The Balaban J connectivity index is 2.34. The second kappa shape index (κ2) is 8.41. The van der Waals surface area contributed by atoms with Crippen molar-refractivity contribution in [2.45, 2.75) is 39.7 Å². The summed E-state index contributed by atoms with van der Waals surface area (Å²) >= 11 is 0. The number of nitrogens with one attached hydrogen (secondary N) is 2.